The molecule has 0 fully saturated rings. The summed E-state index contributed by atoms with van der Waals surface area (Å²) in [6, 6.07) is -0.631. The predicted octanol–water partition coefficient (Wildman–Crippen LogP) is 20.6. The van der Waals surface area contributed by atoms with Gasteiger partial charge in [-0.15, -0.1) is 0 Å². The molecule has 6 heteroatoms. The van der Waals surface area contributed by atoms with Gasteiger partial charge in [0.25, 0.3) is 0 Å². The van der Waals surface area contributed by atoms with Crippen LogP contribution in [0.2, 0.25) is 0 Å². The third-order valence-corrected chi connectivity index (χ3v) is 15.2. The number of aliphatic hydroxyl groups excluding tert-OH is 2. The van der Waals surface area contributed by atoms with Gasteiger partial charge in [0.15, 0.2) is 0 Å². The van der Waals surface area contributed by atoms with Crippen LogP contribution in [0.1, 0.15) is 361 Å². The standard InChI is InChI=1S/C66H127NO5/c1-3-5-7-9-11-13-15-17-19-28-31-34-38-42-46-50-54-58-64(69)63(62-68)67-65(70)59-55-51-47-43-39-35-32-29-26-24-22-20-21-23-25-27-30-33-37-41-45-49-53-57-61-72-66(71)60-56-52-48-44-40-36-18-16-14-12-10-8-6-4-2/h22,24,54,58,63-64,68-69H,3-21,23,25-53,55-57,59-62H2,1-2H3,(H,67,70)/b24-22-,58-54+. The molecule has 0 aliphatic carbocycles. The summed E-state index contributed by atoms with van der Waals surface area (Å²) in [5.74, 6) is -0.0552. The lowest BCUT2D eigenvalue weighted by Crippen LogP contribution is -2.45. The third kappa shape index (κ3) is 57.6. The zero-order chi connectivity index (χ0) is 52.2. The molecule has 0 aromatic carbocycles. The van der Waals surface area contributed by atoms with E-state index in [0.29, 0.717) is 19.4 Å². The molecule has 0 rings (SSSR count). The van der Waals surface area contributed by atoms with Crippen LogP contribution in [0.15, 0.2) is 24.3 Å². The lowest BCUT2D eigenvalue weighted by Gasteiger charge is -2.20. The number of rotatable bonds is 61. The van der Waals surface area contributed by atoms with Gasteiger partial charge >= 0.3 is 5.97 Å². The van der Waals surface area contributed by atoms with Crippen LogP contribution < -0.4 is 5.32 Å². The number of amides is 1. The quantitative estimate of drug-likeness (QED) is 0.0320. The number of carbonyl (C=O) groups excluding carboxylic acids is 2. The van der Waals surface area contributed by atoms with E-state index in [1.54, 1.807) is 6.08 Å². The van der Waals surface area contributed by atoms with Crippen molar-refractivity contribution in [1.29, 1.82) is 0 Å². The van der Waals surface area contributed by atoms with Gasteiger partial charge in [-0.25, -0.2) is 0 Å². The highest BCUT2D eigenvalue weighted by Gasteiger charge is 2.18. The minimum atomic E-state index is -0.847. The Bertz CT molecular complexity index is 1120. The molecule has 6 nitrogen and oxygen atoms in total. The van der Waals surface area contributed by atoms with Crippen LogP contribution in [-0.4, -0.2) is 47.4 Å². The second-order valence-corrected chi connectivity index (χ2v) is 22.5. The van der Waals surface area contributed by atoms with Crippen molar-refractivity contribution in [3.05, 3.63) is 24.3 Å². The summed E-state index contributed by atoms with van der Waals surface area (Å²) in [4.78, 5) is 24.5. The number of hydrogen-bond acceptors (Lipinski definition) is 5. The lowest BCUT2D eigenvalue weighted by atomic mass is 10.0. The highest BCUT2D eigenvalue weighted by atomic mass is 16.5. The van der Waals surface area contributed by atoms with Gasteiger partial charge < -0.3 is 20.3 Å². The number of hydrogen-bond donors (Lipinski definition) is 3. The monoisotopic (exact) mass is 1010 g/mol. The van der Waals surface area contributed by atoms with E-state index < -0.39 is 12.1 Å². The number of aliphatic hydroxyl groups is 2. The van der Waals surface area contributed by atoms with Crippen molar-refractivity contribution in [1.82, 2.24) is 5.32 Å². The topological polar surface area (TPSA) is 95.9 Å². The number of nitrogens with one attached hydrogen (secondary N) is 1. The molecule has 0 aliphatic rings. The Hall–Kier alpha value is -1.66. The van der Waals surface area contributed by atoms with Gasteiger partial charge in [0.2, 0.25) is 5.91 Å². The first kappa shape index (κ1) is 70.3. The lowest BCUT2D eigenvalue weighted by molar-refractivity contribution is -0.143. The molecule has 72 heavy (non-hydrogen) atoms. The van der Waals surface area contributed by atoms with Crippen molar-refractivity contribution in [3.8, 4) is 0 Å². The maximum absolute atomic E-state index is 12.5. The average Bonchev–Trinajstić information content (AvgIpc) is 3.38. The number of carbonyl (C=O) groups is 2. The number of unbranched alkanes of at least 4 members (excludes halogenated alkanes) is 48. The van der Waals surface area contributed by atoms with Gasteiger partial charge in [-0.2, -0.15) is 0 Å². The first-order valence-corrected chi connectivity index (χ1v) is 32.6. The Balaban J connectivity index is 3.42. The molecule has 2 atom stereocenters. The van der Waals surface area contributed by atoms with Crippen LogP contribution in [0.5, 0.6) is 0 Å². The number of esters is 1. The molecule has 0 aromatic heterocycles. The summed E-state index contributed by atoms with van der Waals surface area (Å²) in [7, 11) is 0. The number of allylic oxidation sites excluding steroid dienone is 3. The molecule has 0 radical (unpaired) electrons. The molecule has 1 amide bonds. The summed E-state index contributed by atoms with van der Waals surface area (Å²) >= 11 is 0. The highest BCUT2D eigenvalue weighted by Crippen LogP contribution is 2.18. The van der Waals surface area contributed by atoms with E-state index in [1.165, 1.54) is 295 Å². The van der Waals surface area contributed by atoms with Crippen molar-refractivity contribution in [2.45, 2.75) is 373 Å². The molecule has 2 unspecified atom stereocenters. The Morgan fingerprint density at radius 3 is 0.986 bits per heavy atom. The van der Waals surface area contributed by atoms with Gasteiger partial charge in [0.1, 0.15) is 0 Å². The normalized spacial score (nSPS) is 12.7. The van der Waals surface area contributed by atoms with E-state index in [-0.39, 0.29) is 18.5 Å². The third-order valence-electron chi connectivity index (χ3n) is 15.2. The van der Waals surface area contributed by atoms with E-state index in [2.05, 4.69) is 31.3 Å². The van der Waals surface area contributed by atoms with Crippen molar-refractivity contribution < 1.29 is 24.5 Å². The predicted molar refractivity (Wildman–Crippen MR) is 315 cm³/mol. The van der Waals surface area contributed by atoms with Crippen LogP contribution in [-0.2, 0) is 14.3 Å². The molecule has 0 aromatic rings. The zero-order valence-corrected chi connectivity index (χ0v) is 48.7. The SMILES string of the molecule is CCCCCCCCCCCCCCCCC/C=C/C(O)C(CO)NC(=O)CCCCCCCCCC/C=C\CCCCCCCCCCCCCCOC(=O)CCCCCCCCCCCCCCCC. The van der Waals surface area contributed by atoms with Crippen molar-refractivity contribution in [2.75, 3.05) is 13.2 Å². The Morgan fingerprint density at radius 2 is 0.653 bits per heavy atom. The van der Waals surface area contributed by atoms with Crippen LogP contribution in [0.4, 0.5) is 0 Å². The Kier molecular flexibility index (Phi) is 60.5. The van der Waals surface area contributed by atoms with Gasteiger partial charge in [-0.1, -0.05) is 314 Å². The molecular formula is C66H127NO5. The molecule has 0 saturated carbocycles. The van der Waals surface area contributed by atoms with E-state index in [9.17, 15) is 19.8 Å². The fourth-order valence-corrected chi connectivity index (χ4v) is 10.2. The molecular weight excluding hydrogens is 887 g/mol. The maximum atomic E-state index is 12.5. The van der Waals surface area contributed by atoms with Crippen LogP contribution in [0.3, 0.4) is 0 Å². The van der Waals surface area contributed by atoms with E-state index in [0.717, 1.165) is 38.5 Å². The van der Waals surface area contributed by atoms with Crippen LogP contribution in [0.25, 0.3) is 0 Å². The molecule has 0 saturated heterocycles. The van der Waals surface area contributed by atoms with Gasteiger partial charge in [0, 0.05) is 12.8 Å². The summed E-state index contributed by atoms with van der Waals surface area (Å²) < 4.78 is 5.49. The first-order chi connectivity index (χ1) is 35.5. The maximum Gasteiger partial charge on any atom is 0.305 e. The smallest absolute Gasteiger partial charge is 0.305 e. The van der Waals surface area contributed by atoms with Crippen LogP contribution >= 0.6 is 0 Å². The fourth-order valence-electron chi connectivity index (χ4n) is 10.2. The van der Waals surface area contributed by atoms with E-state index in [1.807, 2.05) is 6.08 Å². The van der Waals surface area contributed by atoms with Gasteiger partial charge in [0.05, 0.1) is 25.4 Å². The van der Waals surface area contributed by atoms with E-state index in [4.69, 9.17) is 4.74 Å². The molecule has 426 valence electrons. The highest BCUT2D eigenvalue weighted by molar-refractivity contribution is 5.76. The minimum absolute atomic E-state index is 0.0148. The largest absolute Gasteiger partial charge is 0.466 e. The Morgan fingerprint density at radius 1 is 0.375 bits per heavy atom. The minimum Gasteiger partial charge on any atom is -0.466 e. The molecule has 0 bridgehead atoms. The summed E-state index contributed by atoms with van der Waals surface area (Å²) in [6.45, 7) is 4.93. The zero-order valence-electron chi connectivity index (χ0n) is 48.7. The van der Waals surface area contributed by atoms with Crippen LogP contribution in [0, 0.1) is 0 Å². The summed E-state index contributed by atoms with van der Waals surface area (Å²) in [5, 5.41) is 23.2. The van der Waals surface area contributed by atoms with Gasteiger partial charge in [-0.3, -0.25) is 9.59 Å². The number of ether oxygens (including phenoxy) is 1. The molecule has 0 aliphatic heterocycles. The second kappa shape index (κ2) is 61.9. The summed E-state index contributed by atoms with van der Waals surface area (Å²) in [5.41, 5.74) is 0. The van der Waals surface area contributed by atoms with Crippen molar-refractivity contribution in [3.63, 3.8) is 0 Å². The average molecular weight is 1010 g/mol. The fraction of sp³-hybridized carbons (Fsp3) is 0.909. The van der Waals surface area contributed by atoms with Crippen molar-refractivity contribution in [2.24, 2.45) is 0 Å². The first-order valence-electron chi connectivity index (χ1n) is 32.6. The van der Waals surface area contributed by atoms with Gasteiger partial charge in [-0.05, 0) is 57.8 Å². The molecule has 0 spiro atoms. The summed E-state index contributed by atoms with van der Waals surface area (Å²) in [6.07, 6.45) is 76.6. The van der Waals surface area contributed by atoms with E-state index >= 15 is 0 Å². The second-order valence-electron chi connectivity index (χ2n) is 22.5. The molecule has 3 N–H and O–H groups in total. The molecule has 0 heterocycles. The Labute approximate surface area is 450 Å². The van der Waals surface area contributed by atoms with Crippen molar-refractivity contribution >= 4 is 11.9 Å².